The largest absolute Gasteiger partial charge is 0.467 e. The molecule has 1 saturated carbocycles. The lowest BCUT2D eigenvalue weighted by atomic mass is 9.84. The smallest absolute Gasteiger partial charge is 0.328 e. The zero-order valence-corrected chi connectivity index (χ0v) is 15.6. The highest BCUT2D eigenvalue weighted by atomic mass is 16.6. The molecule has 0 spiro atoms. The first-order chi connectivity index (χ1) is 13.0. The average molecular weight is 375 g/mol. The number of ether oxygens (including phenoxy) is 1. The van der Waals surface area contributed by atoms with Gasteiger partial charge in [-0.2, -0.15) is 0 Å². The number of carbonyl (C=O) groups is 2. The van der Waals surface area contributed by atoms with Crippen molar-refractivity contribution in [3.63, 3.8) is 0 Å². The number of nitrogens with zero attached hydrogens (tertiary/aromatic N) is 2. The Bertz CT molecular complexity index is 751. The summed E-state index contributed by atoms with van der Waals surface area (Å²) in [5, 5.41) is 14.3. The third-order valence-corrected chi connectivity index (χ3v) is 5.60. The van der Waals surface area contributed by atoms with Crippen molar-refractivity contribution in [3.05, 3.63) is 33.9 Å². The number of nitrogens with one attached hydrogen (secondary N) is 1. The Morgan fingerprint density at radius 1 is 1.33 bits per heavy atom. The SMILES string of the molecule is CCNc1ccc(C(=O)N2[C@@H]3CCCC[C@H]3C[C@H]2C(=O)OC)cc1[N+](=O)[O-]. The molecule has 2 fully saturated rings. The number of nitro groups is 1. The Kier molecular flexibility index (Phi) is 5.62. The van der Waals surface area contributed by atoms with Gasteiger partial charge in [0.2, 0.25) is 0 Å². The van der Waals surface area contributed by atoms with Crippen LogP contribution in [0.15, 0.2) is 18.2 Å². The summed E-state index contributed by atoms with van der Waals surface area (Å²) < 4.78 is 4.92. The zero-order valence-electron chi connectivity index (χ0n) is 15.6. The van der Waals surface area contributed by atoms with E-state index < -0.39 is 16.9 Å². The predicted octanol–water partition coefficient (Wildman–Crippen LogP) is 2.97. The summed E-state index contributed by atoms with van der Waals surface area (Å²) in [5.74, 6) is -0.481. The van der Waals surface area contributed by atoms with Crippen molar-refractivity contribution >= 4 is 23.3 Å². The van der Waals surface area contributed by atoms with Crippen LogP contribution in [-0.4, -0.2) is 47.4 Å². The Morgan fingerprint density at radius 2 is 2.07 bits per heavy atom. The fourth-order valence-electron chi connectivity index (χ4n) is 4.40. The van der Waals surface area contributed by atoms with E-state index in [2.05, 4.69) is 5.32 Å². The number of hydrogen-bond donors (Lipinski definition) is 1. The fraction of sp³-hybridized carbons (Fsp3) is 0.579. The highest BCUT2D eigenvalue weighted by molar-refractivity contribution is 5.98. The Morgan fingerprint density at radius 3 is 2.74 bits per heavy atom. The molecule has 1 aromatic rings. The van der Waals surface area contributed by atoms with Crippen molar-refractivity contribution < 1.29 is 19.2 Å². The number of nitro benzene ring substituents is 1. The molecule has 0 bridgehead atoms. The van der Waals surface area contributed by atoms with Crippen molar-refractivity contribution in [2.75, 3.05) is 19.0 Å². The summed E-state index contributed by atoms with van der Waals surface area (Å²) in [6, 6.07) is 3.80. The van der Waals surface area contributed by atoms with E-state index in [1.54, 1.807) is 17.0 Å². The monoisotopic (exact) mass is 375 g/mol. The van der Waals surface area contributed by atoms with E-state index in [1.165, 1.54) is 13.2 Å². The molecule has 27 heavy (non-hydrogen) atoms. The van der Waals surface area contributed by atoms with E-state index in [9.17, 15) is 19.7 Å². The standard InChI is InChI=1S/C19H25N3O5/c1-3-20-14-9-8-13(11-16(14)22(25)26)18(23)21-15-7-5-4-6-12(15)10-17(21)19(24)27-2/h8-9,11-12,15,17,20H,3-7,10H2,1-2H3/t12-,15+,17-/m0/s1. The number of amides is 1. The number of fused-ring (bicyclic) bond motifs is 1. The molecule has 1 aliphatic carbocycles. The van der Waals surface area contributed by atoms with Gasteiger partial charge in [-0.1, -0.05) is 12.8 Å². The summed E-state index contributed by atoms with van der Waals surface area (Å²) in [4.78, 5) is 38.1. The number of carbonyl (C=O) groups excluding carboxylic acids is 2. The third kappa shape index (κ3) is 3.61. The molecule has 1 amide bonds. The van der Waals surface area contributed by atoms with Crippen LogP contribution in [0.25, 0.3) is 0 Å². The maximum absolute atomic E-state index is 13.3. The van der Waals surface area contributed by atoms with Gasteiger partial charge in [0.15, 0.2) is 0 Å². The minimum Gasteiger partial charge on any atom is -0.467 e. The van der Waals surface area contributed by atoms with Gasteiger partial charge in [0.25, 0.3) is 11.6 Å². The first-order valence-corrected chi connectivity index (χ1v) is 9.40. The van der Waals surface area contributed by atoms with Gasteiger partial charge in [0, 0.05) is 24.2 Å². The van der Waals surface area contributed by atoms with E-state index in [4.69, 9.17) is 4.74 Å². The maximum atomic E-state index is 13.3. The maximum Gasteiger partial charge on any atom is 0.328 e. The molecule has 8 nitrogen and oxygen atoms in total. The lowest BCUT2D eigenvalue weighted by molar-refractivity contribution is -0.384. The van der Waals surface area contributed by atoms with E-state index in [1.807, 2.05) is 6.92 Å². The summed E-state index contributed by atoms with van der Waals surface area (Å²) in [6.07, 6.45) is 4.54. The van der Waals surface area contributed by atoms with Crippen LogP contribution in [0.1, 0.15) is 49.4 Å². The first kappa shape index (κ1) is 19.1. The molecule has 0 aromatic heterocycles. The average Bonchev–Trinajstić information content (AvgIpc) is 3.06. The predicted molar refractivity (Wildman–Crippen MR) is 99.6 cm³/mol. The lowest BCUT2D eigenvalue weighted by Gasteiger charge is -2.33. The van der Waals surface area contributed by atoms with Crippen molar-refractivity contribution in [1.82, 2.24) is 4.90 Å². The number of likely N-dealkylation sites (tertiary alicyclic amines) is 1. The summed E-state index contributed by atoms with van der Waals surface area (Å²) in [7, 11) is 1.32. The lowest BCUT2D eigenvalue weighted by Crippen LogP contribution is -2.46. The van der Waals surface area contributed by atoms with Gasteiger partial charge in [-0.15, -0.1) is 0 Å². The molecule has 146 valence electrons. The normalized spacial score (nSPS) is 24.2. The van der Waals surface area contributed by atoms with E-state index in [0.29, 0.717) is 18.7 Å². The summed E-state index contributed by atoms with van der Waals surface area (Å²) >= 11 is 0. The van der Waals surface area contributed by atoms with E-state index in [-0.39, 0.29) is 29.1 Å². The molecular formula is C19H25N3O5. The quantitative estimate of drug-likeness (QED) is 0.482. The molecule has 3 atom stereocenters. The molecule has 1 N–H and O–H groups in total. The van der Waals surface area contributed by atoms with Crippen molar-refractivity contribution in [2.24, 2.45) is 5.92 Å². The molecule has 0 radical (unpaired) electrons. The zero-order chi connectivity index (χ0) is 19.6. The second kappa shape index (κ2) is 7.94. The Labute approximate surface area is 158 Å². The molecule has 3 rings (SSSR count). The molecule has 1 heterocycles. The Balaban J connectivity index is 1.95. The second-order valence-electron chi connectivity index (χ2n) is 7.12. The van der Waals surface area contributed by atoms with Crippen molar-refractivity contribution in [2.45, 2.75) is 51.1 Å². The minimum atomic E-state index is -0.622. The number of methoxy groups -OCH3 is 1. The molecule has 8 heteroatoms. The van der Waals surface area contributed by atoms with Gasteiger partial charge in [0.05, 0.1) is 12.0 Å². The topological polar surface area (TPSA) is 102 Å². The van der Waals surface area contributed by atoms with Crippen LogP contribution in [-0.2, 0) is 9.53 Å². The fourth-order valence-corrected chi connectivity index (χ4v) is 4.40. The van der Waals surface area contributed by atoms with Crippen LogP contribution < -0.4 is 5.32 Å². The van der Waals surface area contributed by atoms with Crippen LogP contribution in [0.4, 0.5) is 11.4 Å². The van der Waals surface area contributed by atoms with Gasteiger partial charge in [-0.05, 0) is 44.2 Å². The minimum absolute atomic E-state index is 0.0113. The van der Waals surface area contributed by atoms with Crippen LogP contribution in [0.2, 0.25) is 0 Å². The first-order valence-electron chi connectivity index (χ1n) is 9.40. The molecule has 1 saturated heterocycles. The van der Waals surface area contributed by atoms with E-state index >= 15 is 0 Å². The van der Waals surface area contributed by atoms with Crippen LogP contribution in [0.3, 0.4) is 0 Å². The summed E-state index contributed by atoms with van der Waals surface area (Å²) in [5.41, 5.74) is 0.459. The molecule has 1 aromatic carbocycles. The number of rotatable bonds is 5. The van der Waals surface area contributed by atoms with E-state index in [0.717, 1.165) is 25.7 Å². The van der Waals surface area contributed by atoms with Crippen molar-refractivity contribution in [3.8, 4) is 0 Å². The highest BCUT2D eigenvalue weighted by Crippen LogP contribution is 2.41. The number of anilines is 1. The van der Waals surface area contributed by atoms with Crippen LogP contribution in [0.5, 0.6) is 0 Å². The third-order valence-electron chi connectivity index (χ3n) is 5.60. The highest BCUT2D eigenvalue weighted by Gasteiger charge is 2.48. The second-order valence-corrected chi connectivity index (χ2v) is 7.12. The van der Waals surface area contributed by atoms with Crippen LogP contribution in [0, 0.1) is 16.0 Å². The van der Waals surface area contributed by atoms with Gasteiger partial charge < -0.3 is 15.0 Å². The number of hydrogen-bond acceptors (Lipinski definition) is 6. The molecule has 1 aliphatic heterocycles. The van der Waals surface area contributed by atoms with Gasteiger partial charge in [0.1, 0.15) is 11.7 Å². The van der Waals surface area contributed by atoms with Gasteiger partial charge >= 0.3 is 5.97 Å². The molecule has 2 aliphatic rings. The molecule has 0 unspecified atom stereocenters. The molecular weight excluding hydrogens is 350 g/mol. The number of benzene rings is 1. The van der Waals surface area contributed by atoms with Gasteiger partial charge in [-0.3, -0.25) is 14.9 Å². The van der Waals surface area contributed by atoms with Crippen molar-refractivity contribution in [1.29, 1.82) is 0 Å². The Hall–Kier alpha value is -2.64. The summed E-state index contributed by atoms with van der Waals surface area (Å²) in [6.45, 7) is 2.38. The van der Waals surface area contributed by atoms with Gasteiger partial charge in [-0.25, -0.2) is 4.79 Å². The number of esters is 1. The van der Waals surface area contributed by atoms with Crippen LogP contribution >= 0.6 is 0 Å².